The van der Waals surface area contributed by atoms with E-state index in [0.717, 1.165) is 26.7 Å². The average Bonchev–Trinajstić information content (AvgIpc) is 2.96. The van der Waals surface area contributed by atoms with Crippen LogP contribution in [0.1, 0.15) is 17.4 Å². The minimum absolute atomic E-state index is 0.596. The Morgan fingerprint density at radius 3 is 2.78 bits per heavy atom. The van der Waals surface area contributed by atoms with Crippen molar-refractivity contribution in [2.24, 2.45) is 0 Å². The monoisotopic (exact) mass is 376 g/mol. The Balaban J connectivity index is 1.97. The van der Waals surface area contributed by atoms with Gasteiger partial charge in [0.1, 0.15) is 5.75 Å². The molecule has 1 aromatic heterocycles. The molecule has 1 unspecified atom stereocenters. The van der Waals surface area contributed by atoms with E-state index in [1.54, 1.807) is 13.3 Å². The Morgan fingerprint density at radius 2 is 2.04 bits per heavy atom. The summed E-state index contributed by atoms with van der Waals surface area (Å²) in [5, 5.41) is 15.2. The van der Waals surface area contributed by atoms with E-state index in [9.17, 15) is 5.11 Å². The fourth-order valence-corrected chi connectivity index (χ4v) is 2.96. The van der Waals surface area contributed by atoms with Gasteiger partial charge < -0.3 is 14.6 Å². The lowest BCUT2D eigenvalue weighted by Crippen LogP contribution is -2.04. The summed E-state index contributed by atoms with van der Waals surface area (Å²) in [4.78, 5) is 0. The van der Waals surface area contributed by atoms with Crippen molar-refractivity contribution in [1.29, 1.82) is 0 Å². The summed E-state index contributed by atoms with van der Waals surface area (Å²) < 4.78 is 13.3. The number of fused-ring (bicyclic) bond motifs is 1. The lowest BCUT2D eigenvalue weighted by molar-refractivity contribution is -0.0768. The Labute approximate surface area is 142 Å². The van der Waals surface area contributed by atoms with E-state index in [2.05, 4.69) is 21.0 Å². The maximum absolute atomic E-state index is 9.76. The molecule has 5 nitrogen and oxygen atoms in total. The molecule has 3 rings (SSSR count). The number of halogens is 1. The molecule has 120 valence electrons. The van der Waals surface area contributed by atoms with Crippen molar-refractivity contribution < 1.29 is 14.6 Å². The maximum Gasteiger partial charge on any atom is 0.180 e. The van der Waals surface area contributed by atoms with Gasteiger partial charge in [0.2, 0.25) is 0 Å². The topological polar surface area (TPSA) is 56.5 Å². The number of rotatable bonds is 5. The van der Waals surface area contributed by atoms with Gasteiger partial charge in [-0.1, -0.05) is 22.0 Å². The Bertz CT molecular complexity index is 832. The molecule has 0 fully saturated rings. The van der Waals surface area contributed by atoms with Gasteiger partial charge in [-0.25, -0.2) is 0 Å². The third kappa shape index (κ3) is 3.24. The fraction of sp³-hybridized carbons (Fsp3) is 0.235. The number of hydrogen-bond donors (Lipinski definition) is 1. The van der Waals surface area contributed by atoms with Crippen LogP contribution in [-0.4, -0.2) is 29.1 Å². The van der Waals surface area contributed by atoms with E-state index >= 15 is 0 Å². The predicted octanol–water partition coefficient (Wildman–Crippen LogP) is 3.49. The Morgan fingerprint density at radius 1 is 1.22 bits per heavy atom. The van der Waals surface area contributed by atoms with Gasteiger partial charge in [0.15, 0.2) is 6.29 Å². The molecule has 0 bridgehead atoms. The molecule has 2 aromatic carbocycles. The van der Waals surface area contributed by atoms with Crippen LogP contribution in [-0.2, 0) is 11.3 Å². The summed E-state index contributed by atoms with van der Waals surface area (Å²) in [7, 11) is 3.13. The molecule has 6 heteroatoms. The molecule has 0 spiro atoms. The second-order valence-electron chi connectivity index (χ2n) is 5.16. The van der Waals surface area contributed by atoms with Gasteiger partial charge in [-0.2, -0.15) is 5.10 Å². The highest BCUT2D eigenvalue weighted by molar-refractivity contribution is 9.10. The van der Waals surface area contributed by atoms with Crippen LogP contribution in [0.25, 0.3) is 10.9 Å². The number of hydrogen-bond acceptors (Lipinski definition) is 4. The molecule has 0 amide bonds. The van der Waals surface area contributed by atoms with Crippen molar-refractivity contribution >= 4 is 26.8 Å². The lowest BCUT2D eigenvalue weighted by atomic mass is 10.1. The molecular weight excluding hydrogens is 360 g/mol. The fourth-order valence-electron chi connectivity index (χ4n) is 2.55. The van der Waals surface area contributed by atoms with E-state index < -0.39 is 6.29 Å². The first-order chi connectivity index (χ1) is 11.1. The average molecular weight is 377 g/mol. The highest BCUT2D eigenvalue weighted by atomic mass is 79.9. The van der Waals surface area contributed by atoms with Crippen LogP contribution in [0.3, 0.4) is 0 Å². The van der Waals surface area contributed by atoms with E-state index in [1.165, 1.54) is 7.11 Å². The lowest BCUT2D eigenvalue weighted by Gasteiger charge is -2.11. The van der Waals surface area contributed by atoms with Crippen molar-refractivity contribution in [3.8, 4) is 5.75 Å². The van der Waals surface area contributed by atoms with Gasteiger partial charge in [0.25, 0.3) is 0 Å². The molecule has 0 radical (unpaired) electrons. The molecule has 0 saturated carbocycles. The molecule has 0 aliphatic heterocycles. The molecular formula is C17H17BrN2O3. The zero-order valence-corrected chi connectivity index (χ0v) is 14.4. The number of aromatic nitrogens is 2. The van der Waals surface area contributed by atoms with Gasteiger partial charge >= 0.3 is 0 Å². The van der Waals surface area contributed by atoms with Crippen LogP contribution in [0.4, 0.5) is 0 Å². The number of aliphatic hydroxyl groups excluding tert-OH is 1. The van der Waals surface area contributed by atoms with E-state index in [1.807, 2.05) is 41.1 Å². The molecule has 1 heterocycles. The van der Waals surface area contributed by atoms with Crippen LogP contribution < -0.4 is 4.74 Å². The summed E-state index contributed by atoms with van der Waals surface area (Å²) in [6.45, 7) is 0.596. The Kier molecular flexibility index (Phi) is 4.66. The van der Waals surface area contributed by atoms with Crippen molar-refractivity contribution in [1.82, 2.24) is 9.78 Å². The smallest absolute Gasteiger partial charge is 0.180 e. The van der Waals surface area contributed by atoms with Crippen molar-refractivity contribution in [3.63, 3.8) is 0 Å². The summed E-state index contributed by atoms with van der Waals surface area (Å²) in [6, 6.07) is 11.6. The predicted molar refractivity (Wildman–Crippen MR) is 91.5 cm³/mol. The third-order valence-electron chi connectivity index (χ3n) is 3.74. The minimum Gasteiger partial charge on any atom is -0.496 e. The highest BCUT2D eigenvalue weighted by Gasteiger charge is 2.11. The zero-order chi connectivity index (χ0) is 16.4. The van der Waals surface area contributed by atoms with Crippen molar-refractivity contribution in [3.05, 3.63) is 58.2 Å². The summed E-state index contributed by atoms with van der Waals surface area (Å²) in [5.74, 6) is 0.822. The number of nitrogens with zero attached hydrogens (tertiary/aromatic N) is 2. The first-order valence-corrected chi connectivity index (χ1v) is 7.90. The van der Waals surface area contributed by atoms with Crippen LogP contribution in [0.2, 0.25) is 0 Å². The molecule has 3 aromatic rings. The minimum atomic E-state index is -0.923. The number of methoxy groups -OCH3 is 2. The second-order valence-corrected chi connectivity index (χ2v) is 6.08. The van der Waals surface area contributed by atoms with Crippen LogP contribution in [0.15, 0.2) is 47.1 Å². The number of benzene rings is 2. The first kappa shape index (κ1) is 16.0. The van der Waals surface area contributed by atoms with E-state index in [-0.39, 0.29) is 0 Å². The largest absolute Gasteiger partial charge is 0.496 e. The quantitative estimate of drug-likeness (QED) is 0.692. The second kappa shape index (κ2) is 6.70. The van der Waals surface area contributed by atoms with Gasteiger partial charge in [-0.15, -0.1) is 0 Å². The van der Waals surface area contributed by atoms with Gasteiger partial charge in [-0.3, -0.25) is 4.68 Å². The molecule has 1 N–H and O–H groups in total. The van der Waals surface area contributed by atoms with E-state index in [0.29, 0.717) is 12.1 Å². The van der Waals surface area contributed by atoms with Gasteiger partial charge in [0.05, 0.1) is 25.4 Å². The summed E-state index contributed by atoms with van der Waals surface area (Å²) >= 11 is 3.49. The SMILES string of the molecule is COc1ccc(Br)cc1Cn1ncc2cc(C(O)OC)ccc21. The van der Waals surface area contributed by atoms with Crippen molar-refractivity contribution in [2.45, 2.75) is 12.8 Å². The Hall–Kier alpha value is -1.89. The first-order valence-electron chi connectivity index (χ1n) is 7.11. The van der Waals surface area contributed by atoms with Gasteiger partial charge in [-0.05, 0) is 30.3 Å². The van der Waals surface area contributed by atoms with E-state index in [4.69, 9.17) is 9.47 Å². The number of aliphatic hydroxyl groups is 1. The highest BCUT2D eigenvalue weighted by Crippen LogP contribution is 2.26. The number of ether oxygens (including phenoxy) is 2. The van der Waals surface area contributed by atoms with Crippen LogP contribution >= 0.6 is 15.9 Å². The third-order valence-corrected chi connectivity index (χ3v) is 4.23. The molecule has 0 aliphatic rings. The molecule has 0 aliphatic carbocycles. The standard InChI is InChI=1S/C17H17BrN2O3/c1-22-16-6-4-14(18)8-13(16)10-20-15-5-3-11(17(21)23-2)7-12(15)9-19-20/h3-9,17,21H,10H2,1-2H3. The van der Waals surface area contributed by atoms with Gasteiger partial charge in [0, 0.05) is 28.1 Å². The molecule has 23 heavy (non-hydrogen) atoms. The summed E-state index contributed by atoms with van der Waals surface area (Å²) in [5.41, 5.74) is 2.73. The molecule has 1 atom stereocenters. The van der Waals surface area contributed by atoms with Crippen molar-refractivity contribution in [2.75, 3.05) is 14.2 Å². The summed E-state index contributed by atoms with van der Waals surface area (Å²) in [6.07, 6.45) is 0.860. The zero-order valence-electron chi connectivity index (χ0n) is 12.9. The maximum atomic E-state index is 9.76. The van der Waals surface area contributed by atoms with Crippen LogP contribution in [0, 0.1) is 0 Å². The van der Waals surface area contributed by atoms with Crippen LogP contribution in [0.5, 0.6) is 5.75 Å². The normalized spacial score (nSPS) is 12.5. The molecule has 0 saturated heterocycles.